The number of phenols is 6. The molecule has 0 fully saturated rings. The van der Waals surface area contributed by atoms with E-state index in [4.69, 9.17) is 14.9 Å². The van der Waals surface area contributed by atoms with E-state index in [-0.39, 0.29) is 58.8 Å². The van der Waals surface area contributed by atoms with Crippen LogP contribution in [0.15, 0.2) is 24.3 Å². The van der Waals surface area contributed by atoms with Crippen molar-refractivity contribution in [3.63, 3.8) is 0 Å². The van der Waals surface area contributed by atoms with E-state index in [2.05, 4.69) is 0 Å². The zero-order valence-electron chi connectivity index (χ0n) is 10.8. The minimum absolute atomic E-state index is 0.0607. The van der Waals surface area contributed by atoms with Gasteiger partial charge in [-0.25, -0.2) is 0 Å². The molecule has 2 aromatic carbocycles. The molecule has 0 bridgehead atoms. The molecule has 0 aliphatic carbocycles. The molecular formula is C14H14O7. The Balaban J connectivity index is 2.09. The molecule has 0 aliphatic heterocycles. The predicted octanol–water partition coefficient (Wildman–Crippen LogP) is 1.64. The van der Waals surface area contributed by atoms with E-state index < -0.39 is 0 Å². The number of phenolic OH excluding ortho intramolecular Hbond substituents is 6. The summed E-state index contributed by atoms with van der Waals surface area (Å²) in [5, 5.41) is 56.7. The monoisotopic (exact) mass is 294 g/mol. The third-order valence-electron chi connectivity index (χ3n) is 2.87. The van der Waals surface area contributed by atoms with E-state index in [0.717, 1.165) is 24.3 Å². The zero-order valence-corrected chi connectivity index (χ0v) is 10.8. The second-order valence-electron chi connectivity index (χ2n) is 4.42. The summed E-state index contributed by atoms with van der Waals surface area (Å²) in [6, 6.07) is 4.20. The molecule has 0 spiro atoms. The fourth-order valence-corrected chi connectivity index (χ4v) is 1.81. The van der Waals surface area contributed by atoms with E-state index in [9.17, 15) is 20.4 Å². The van der Waals surface area contributed by atoms with Crippen molar-refractivity contribution in [3.8, 4) is 34.5 Å². The fourth-order valence-electron chi connectivity index (χ4n) is 1.81. The molecule has 0 amide bonds. The largest absolute Gasteiger partial charge is 0.508 e. The van der Waals surface area contributed by atoms with Crippen LogP contribution in [0.25, 0.3) is 0 Å². The van der Waals surface area contributed by atoms with Gasteiger partial charge >= 0.3 is 0 Å². The predicted molar refractivity (Wildman–Crippen MR) is 71.4 cm³/mol. The molecule has 0 saturated carbocycles. The number of benzene rings is 2. The standard InChI is InChI=1S/C14H14O7/c15-7-1-11(17)9(12(18)2-7)5-21-6-10-13(19)3-8(16)4-14(10)20/h1-4,15-20H,5-6H2. The Morgan fingerprint density at radius 3 is 1.14 bits per heavy atom. The number of hydrogen-bond donors (Lipinski definition) is 6. The molecular weight excluding hydrogens is 280 g/mol. The molecule has 0 heterocycles. The Hall–Kier alpha value is -2.80. The molecule has 7 heteroatoms. The Morgan fingerprint density at radius 2 is 0.857 bits per heavy atom. The average Bonchev–Trinajstić information content (AvgIpc) is 2.34. The van der Waals surface area contributed by atoms with Crippen LogP contribution in [0, 0.1) is 0 Å². The molecule has 0 aliphatic rings. The maximum absolute atomic E-state index is 9.58. The molecule has 7 nitrogen and oxygen atoms in total. The molecule has 0 saturated heterocycles. The van der Waals surface area contributed by atoms with Gasteiger partial charge < -0.3 is 35.4 Å². The summed E-state index contributed by atoms with van der Waals surface area (Å²) in [6.07, 6.45) is 0. The lowest BCUT2D eigenvalue weighted by Crippen LogP contribution is -1.96. The molecule has 0 radical (unpaired) electrons. The van der Waals surface area contributed by atoms with Gasteiger partial charge in [-0.1, -0.05) is 0 Å². The van der Waals surface area contributed by atoms with Crippen LogP contribution in [-0.2, 0) is 18.0 Å². The van der Waals surface area contributed by atoms with Gasteiger partial charge in [-0.2, -0.15) is 0 Å². The summed E-state index contributed by atoms with van der Waals surface area (Å²) in [5.41, 5.74) is 0.121. The van der Waals surface area contributed by atoms with Gasteiger partial charge in [-0.3, -0.25) is 0 Å². The second-order valence-corrected chi connectivity index (χ2v) is 4.42. The van der Waals surface area contributed by atoms with Gasteiger partial charge in [0.25, 0.3) is 0 Å². The lowest BCUT2D eigenvalue weighted by Gasteiger charge is -2.11. The van der Waals surface area contributed by atoms with Gasteiger partial charge in [0.15, 0.2) is 0 Å². The van der Waals surface area contributed by atoms with E-state index >= 15 is 0 Å². The lowest BCUT2D eigenvalue weighted by molar-refractivity contribution is 0.100. The Bertz CT molecular complexity index is 563. The molecule has 2 rings (SSSR count). The quantitative estimate of drug-likeness (QED) is 0.505. The Morgan fingerprint density at radius 1 is 0.571 bits per heavy atom. The van der Waals surface area contributed by atoms with Gasteiger partial charge in [0.1, 0.15) is 34.5 Å². The third kappa shape index (κ3) is 3.21. The SMILES string of the molecule is Oc1cc(O)c(COCc2c(O)cc(O)cc2O)c(O)c1. The maximum Gasteiger partial charge on any atom is 0.128 e. The van der Waals surface area contributed by atoms with E-state index in [1.807, 2.05) is 0 Å². The highest BCUT2D eigenvalue weighted by Crippen LogP contribution is 2.35. The van der Waals surface area contributed by atoms with Crippen molar-refractivity contribution in [2.75, 3.05) is 0 Å². The molecule has 0 atom stereocenters. The van der Waals surface area contributed by atoms with Gasteiger partial charge in [-0.05, 0) is 0 Å². The first-order chi connectivity index (χ1) is 9.88. The van der Waals surface area contributed by atoms with Crippen molar-refractivity contribution in [1.29, 1.82) is 0 Å². The smallest absolute Gasteiger partial charge is 0.128 e. The van der Waals surface area contributed by atoms with Crippen LogP contribution in [0.1, 0.15) is 11.1 Å². The van der Waals surface area contributed by atoms with Gasteiger partial charge in [-0.15, -0.1) is 0 Å². The number of ether oxygens (including phenoxy) is 1. The van der Waals surface area contributed by atoms with Crippen LogP contribution in [0.3, 0.4) is 0 Å². The highest BCUT2D eigenvalue weighted by molar-refractivity contribution is 5.49. The van der Waals surface area contributed by atoms with Crippen LogP contribution in [0.2, 0.25) is 0 Å². The first-order valence-electron chi connectivity index (χ1n) is 5.94. The van der Waals surface area contributed by atoms with Crippen molar-refractivity contribution in [1.82, 2.24) is 0 Å². The van der Waals surface area contributed by atoms with Crippen molar-refractivity contribution >= 4 is 0 Å². The highest BCUT2D eigenvalue weighted by Gasteiger charge is 2.13. The molecule has 6 N–H and O–H groups in total. The summed E-state index contributed by atoms with van der Waals surface area (Å²) in [4.78, 5) is 0. The lowest BCUT2D eigenvalue weighted by atomic mass is 10.1. The van der Waals surface area contributed by atoms with Crippen LogP contribution in [-0.4, -0.2) is 30.6 Å². The summed E-state index contributed by atoms with van der Waals surface area (Å²) < 4.78 is 5.21. The summed E-state index contributed by atoms with van der Waals surface area (Å²) >= 11 is 0. The third-order valence-corrected chi connectivity index (χ3v) is 2.87. The summed E-state index contributed by atoms with van der Waals surface area (Å²) in [6.45, 7) is -0.421. The summed E-state index contributed by atoms with van der Waals surface area (Å²) in [5.74, 6) is -1.94. The highest BCUT2D eigenvalue weighted by atomic mass is 16.5. The molecule has 112 valence electrons. The van der Waals surface area contributed by atoms with E-state index in [0.29, 0.717) is 0 Å². The molecule has 2 aromatic rings. The Kier molecular flexibility index (Phi) is 3.95. The first-order valence-corrected chi connectivity index (χ1v) is 5.94. The van der Waals surface area contributed by atoms with Crippen molar-refractivity contribution in [2.45, 2.75) is 13.2 Å². The maximum atomic E-state index is 9.58. The van der Waals surface area contributed by atoms with Crippen LogP contribution in [0.5, 0.6) is 34.5 Å². The van der Waals surface area contributed by atoms with E-state index in [1.54, 1.807) is 0 Å². The van der Waals surface area contributed by atoms with Crippen LogP contribution in [0.4, 0.5) is 0 Å². The Labute approximate surface area is 119 Å². The zero-order chi connectivity index (χ0) is 15.6. The van der Waals surface area contributed by atoms with Crippen molar-refractivity contribution in [3.05, 3.63) is 35.4 Å². The summed E-state index contributed by atoms with van der Waals surface area (Å²) in [7, 11) is 0. The second kappa shape index (κ2) is 5.68. The minimum Gasteiger partial charge on any atom is -0.508 e. The minimum atomic E-state index is -0.341. The van der Waals surface area contributed by atoms with Gasteiger partial charge in [0.05, 0.1) is 24.3 Å². The van der Waals surface area contributed by atoms with Crippen LogP contribution >= 0.6 is 0 Å². The van der Waals surface area contributed by atoms with E-state index in [1.165, 1.54) is 0 Å². The number of hydrogen-bond acceptors (Lipinski definition) is 7. The van der Waals surface area contributed by atoms with Gasteiger partial charge in [0.2, 0.25) is 0 Å². The number of aromatic hydroxyl groups is 6. The molecule has 21 heavy (non-hydrogen) atoms. The topological polar surface area (TPSA) is 131 Å². The fraction of sp³-hybridized carbons (Fsp3) is 0.143. The number of rotatable bonds is 4. The van der Waals surface area contributed by atoms with Crippen LogP contribution < -0.4 is 0 Å². The normalized spacial score (nSPS) is 10.7. The van der Waals surface area contributed by atoms with Crippen molar-refractivity contribution in [2.24, 2.45) is 0 Å². The van der Waals surface area contributed by atoms with Crippen molar-refractivity contribution < 1.29 is 35.4 Å². The molecule has 0 unspecified atom stereocenters. The first kappa shape index (κ1) is 14.6. The van der Waals surface area contributed by atoms with Gasteiger partial charge in [0, 0.05) is 24.3 Å². The molecule has 0 aromatic heterocycles. The average molecular weight is 294 g/mol.